The summed E-state index contributed by atoms with van der Waals surface area (Å²) in [6.45, 7) is 1.59. The number of nitrogen functional groups attached to an aromatic ring is 1. The first-order chi connectivity index (χ1) is 7.09. The van der Waals surface area contributed by atoms with Crippen LogP contribution in [-0.2, 0) is 0 Å². The zero-order valence-corrected chi connectivity index (χ0v) is 8.18. The SMILES string of the molecule is CC(O)C(N)c1nc2ncnc(N)c2[nH]1. The van der Waals surface area contributed by atoms with E-state index in [2.05, 4.69) is 19.9 Å². The fraction of sp³-hybridized carbons (Fsp3) is 0.375. The number of H-pyrrole nitrogens is 1. The molecule has 0 radical (unpaired) electrons. The normalized spacial score (nSPS) is 15.4. The largest absolute Gasteiger partial charge is 0.391 e. The third kappa shape index (κ3) is 1.62. The van der Waals surface area contributed by atoms with E-state index in [4.69, 9.17) is 11.5 Å². The van der Waals surface area contributed by atoms with Gasteiger partial charge in [-0.15, -0.1) is 0 Å². The molecule has 80 valence electrons. The second kappa shape index (κ2) is 3.44. The number of aliphatic hydroxyl groups is 1. The van der Waals surface area contributed by atoms with E-state index < -0.39 is 12.1 Å². The van der Waals surface area contributed by atoms with E-state index in [0.29, 0.717) is 22.8 Å². The number of rotatable bonds is 2. The van der Waals surface area contributed by atoms with Crippen molar-refractivity contribution in [2.24, 2.45) is 5.73 Å². The van der Waals surface area contributed by atoms with Crippen LogP contribution in [0.2, 0.25) is 0 Å². The van der Waals surface area contributed by atoms with Gasteiger partial charge in [-0.3, -0.25) is 0 Å². The highest BCUT2D eigenvalue weighted by Crippen LogP contribution is 2.17. The average molecular weight is 208 g/mol. The lowest BCUT2D eigenvalue weighted by Gasteiger charge is -2.10. The highest BCUT2D eigenvalue weighted by atomic mass is 16.3. The number of nitrogens with one attached hydrogen (secondary N) is 1. The van der Waals surface area contributed by atoms with Crippen molar-refractivity contribution in [2.45, 2.75) is 19.1 Å². The van der Waals surface area contributed by atoms with Crippen molar-refractivity contribution >= 4 is 17.0 Å². The van der Waals surface area contributed by atoms with Gasteiger partial charge in [0.05, 0.1) is 12.1 Å². The van der Waals surface area contributed by atoms with Crippen LogP contribution in [0.1, 0.15) is 18.8 Å². The van der Waals surface area contributed by atoms with Crippen molar-refractivity contribution < 1.29 is 5.11 Å². The highest BCUT2D eigenvalue weighted by Gasteiger charge is 2.17. The molecule has 0 saturated carbocycles. The average Bonchev–Trinajstić information content (AvgIpc) is 2.61. The highest BCUT2D eigenvalue weighted by molar-refractivity contribution is 5.81. The van der Waals surface area contributed by atoms with Gasteiger partial charge < -0.3 is 21.6 Å². The summed E-state index contributed by atoms with van der Waals surface area (Å²) in [4.78, 5) is 14.8. The Labute approximate surface area is 85.6 Å². The predicted molar refractivity (Wildman–Crippen MR) is 54.7 cm³/mol. The van der Waals surface area contributed by atoms with Gasteiger partial charge in [-0.25, -0.2) is 15.0 Å². The third-order valence-corrected chi connectivity index (χ3v) is 2.17. The number of hydrogen-bond acceptors (Lipinski definition) is 6. The molecular formula is C8H12N6O. The number of nitrogens with zero attached hydrogens (tertiary/aromatic N) is 3. The fourth-order valence-corrected chi connectivity index (χ4v) is 1.25. The molecule has 0 saturated heterocycles. The van der Waals surface area contributed by atoms with E-state index in [0.717, 1.165) is 0 Å². The predicted octanol–water partition coefficient (Wildman–Crippen LogP) is -0.684. The summed E-state index contributed by atoms with van der Waals surface area (Å²) in [5, 5.41) is 9.32. The minimum Gasteiger partial charge on any atom is -0.391 e. The Morgan fingerprint density at radius 3 is 2.80 bits per heavy atom. The molecule has 0 amide bonds. The maximum atomic E-state index is 9.32. The van der Waals surface area contributed by atoms with Gasteiger partial charge in [0.25, 0.3) is 0 Å². The molecule has 7 nitrogen and oxygen atoms in total. The van der Waals surface area contributed by atoms with Crippen molar-refractivity contribution in [3.63, 3.8) is 0 Å². The van der Waals surface area contributed by atoms with Crippen LogP contribution in [0, 0.1) is 0 Å². The first kappa shape index (κ1) is 9.81. The Kier molecular flexibility index (Phi) is 2.25. The monoisotopic (exact) mass is 208 g/mol. The molecule has 0 fully saturated rings. The topological polar surface area (TPSA) is 127 Å². The molecule has 2 aromatic rings. The van der Waals surface area contributed by atoms with Crippen LogP contribution < -0.4 is 11.5 Å². The molecule has 0 aliphatic heterocycles. The molecule has 0 aromatic carbocycles. The molecular weight excluding hydrogens is 196 g/mol. The molecule has 2 aromatic heterocycles. The van der Waals surface area contributed by atoms with Crippen molar-refractivity contribution in [2.75, 3.05) is 5.73 Å². The van der Waals surface area contributed by atoms with Crippen molar-refractivity contribution in [1.29, 1.82) is 0 Å². The molecule has 15 heavy (non-hydrogen) atoms. The third-order valence-electron chi connectivity index (χ3n) is 2.17. The van der Waals surface area contributed by atoms with Crippen molar-refractivity contribution in [1.82, 2.24) is 19.9 Å². The summed E-state index contributed by atoms with van der Waals surface area (Å²) >= 11 is 0. The minimum atomic E-state index is -0.695. The lowest BCUT2D eigenvalue weighted by Crippen LogP contribution is -2.24. The van der Waals surface area contributed by atoms with Crippen LogP contribution in [0.25, 0.3) is 11.2 Å². The van der Waals surface area contributed by atoms with Crippen molar-refractivity contribution in [3.05, 3.63) is 12.2 Å². The van der Waals surface area contributed by atoms with E-state index in [-0.39, 0.29) is 0 Å². The standard InChI is InChI=1S/C8H12N6O/c1-3(15)4(9)7-13-5-6(10)11-2-12-8(5)14-7/h2-4,15H,9H2,1H3,(H3,10,11,12,13,14). The van der Waals surface area contributed by atoms with Gasteiger partial charge in [-0.1, -0.05) is 0 Å². The Bertz CT molecular complexity index is 479. The van der Waals surface area contributed by atoms with Gasteiger partial charge in [0.2, 0.25) is 0 Å². The summed E-state index contributed by atoms with van der Waals surface area (Å²) in [5.41, 5.74) is 12.3. The molecule has 2 atom stereocenters. The summed E-state index contributed by atoms with van der Waals surface area (Å²) in [7, 11) is 0. The smallest absolute Gasteiger partial charge is 0.183 e. The van der Waals surface area contributed by atoms with Crippen molar-refractivity contribution in [3.8, 4) is 0 Å². The lowest BCUT2D eigenvalue weighted by molar-refractivity contribution is 0.161. The molecule has 0 bridgehead atoms. The second-order valence-corrected chi connectivity index (χ2v) is 3.35. The van der Waals surface area contributed by atoms with Crippen LogP contribution in [0.5, 0.6) is 0 Å². The molecule has 6 N–H and O–H groups in total. The van der Waals surface area contributed by atoms with Crippen LogP contribution in [-0.4, -0.2) is 31.1 Å². The molecule has 0 aliphatic carbocycles. The summed E-state index contributed by atoms with van der Waals surface area (Å²) < 4.78 is 0. The Hall–Kier alpha value is -1.73. The maximum absolute atomic E-state index is 9.32. The van der Waals surface area contributed by atoms with E-state index in [1.54, 1.807) is 6.92 Å². The lowest BCUT2D eigenvalue weighted by atomic mass is 10.2. The van der Waals surface area contributed by atoms with E-state index in [1.165, 1.54) is 6.33 Å². The van der Waals surface area contributed by atoms with E-state index in [9.17, 15) is 5.11 Å². The number of aromatic amines is 1. The van der Waals surface area contributed by atoms with Crippen LogP contribution >= 0.6 is 0 Å². The van der Waals surface area contributed by atoms with Gasteiger partial charge in [0, 0.05) is 0 Å². The first-order valence-corrected chi connectivity index (χ1v) is 4.49. The molecule has 2 heterocycles. The minimum absolute atomic E-state index is 0.316. The van der Waals surface area contributed by atoms with Gasteiger partial charge >= 0.3 is 0 Å². The number of aromatic nitrogens is 4. The maximum Gasteiger partial charge on any atom is 0.183 e. The molecule has 7 heteroatoms. The number of nitrogens with two attached hydrogens (primary N) is 2. The summed E-state index contributed by atoms with van der Waals surface area (Å²) in [5.74, 6) is 0.767. The first-order valence-electron chi connectivity index (χ1n) is 4.49. The van der Waals surface area contributed by atoms with Gasteiger partial charge in [0.15, 0.2) is 11.5 Å². The zero-order chi connectivity index (χ0) is 11.0. The summed E-state index contributed by atoms with van der Waals surface area (Å²) in [6, 6.07) is -0.585. The zero-order valence-electron chi connectivity index (χ0n) is 8.18. The number of hydrogen-bond donors (Lipinski definition) is 4. The van der Waals surface area contributed by atoms with Crippen LogP contribution in [0.3, 0.4) is 0 Å². The molecule has 2 rings (SSSR count). The molecule has 2 unspecified atom stereocenters. The summed E-state index contributed by atoms with van der Waals surface area (Å²) in [6.07, 6.45) is 0.635. The number of imidazole rings is 1. The Morgan fingerprint density at radius 2 is 2.20 bits per heavy atom. The van der Waals surface area contributed by atoms with Crippen LogP contribution in [0.15, 0.2) is 6.33 Å². The van der Waals surface area contributed by atoms with Crippen LogP contribution in [0.4, 0.5) is 5.82 Å². The number of fused-ring (bicyclic) bond motifs is 1. The Balaban J connectivity index is 2.52. The molecule has 0 spiro atoms. The second-order valence-electron chi connectivity index (χ2n) is 3.35. The molecule has 0 aliphatic rings. The fourth-order valence-electron chi connectivity index (χ4n) is 1.25. The van der Waals surface area contributed by atoms with Gasteiger partial charge in [0.1, 0.15) is 17.7 Å². The number of aliphatic hydroxyl groups excluding tert-OH is 1. The van der Waals surface area contributed by atoms with Gasteiger partial charge in [-0.2, -0.15) is 0 Å². The number of anilines is 1. The van der Waals surface area contributed by atoms with E-state index >= 15 is 0 Å². The Morgan fingerprint density at radius 1 is 1.47 bits per heavy atom. The quantitative estimate of drug-likeness (QED) is 0.517. The van der Waals surface area contributed by atoms with E-state index in [1.807, 2.05) is 0 Å². The van der Waals surface area contributed by atoms with Gasteiger partial charge in [-0.05, 0) is 6.92 Å².